The van der Waals surface area contributed by atoms with Gasteiger partial charge < -0.3 is 9.88 Å². The van der Waals surface area contributed by atoms with E-state index in [0.717, 1.165) is 17.1 Å². The first-order valence-corrected chi connectivity index (χ1v) is 15.0. The molecule has 1 aromatic heterocycles. The van der Waals surface area contributed by atoms with Crippen LogP contribution >= 0.6 is 0 Å². The molecule has 0 amide bonds. The first-order valence-electron chi connectivity index (χ1n) is 15.0. The molecule has 0 spiro atoms. The van der Waals surface area contributed by atoms with E-state index in [0.29, 0.717) is 0 Å². The van der Waals surface area contributed by atoms with E-state index in [-0.39, 0.29) is 0 Å². The number of rotatable bonds is 6. The van der Waals surface area contributed by atoms with E-state index >= 15 is 0 Å². The highest BCUT2D eigenvalue weighted by atomic mass is 15.0. The van der Waals surface area contributed by atoms with E-state index < -0.39 is 0 Å². The van der Waals surface area contributed by atoms with Crippen LogP contribution in [0.5, 0.6) is 0 Å². The highest BCUT2D eigenvalue weighted by Gasteiger charge is 2.15. The van der Waals surface area contributed by atoms with Gasteiger partial charge in [-0.05, 0) is 76.3 Å². The number of hydrogen-bond acceptors (Lipinski definition) is 1. The lowest BCUT2D eigenvalue weighted by Gasteiger charge is -2.15. The maximum Gasteiger partial charge on any atom is 0.0547 e. The molecule has 0 radical (unpaired) electrons. The summed E-state index contributed by atoms with van der Waals surface area (Å²) in [6.07, 6.45) is 0. The zero-order valence-corrected chi connectivity index (χ0v) is 24.2. The van der Waals surface area contributed by atoms with Crippen molar-refractivity contribution in [2.45, 2.75) is 0 Å². The standard InChI is InChI=1S/C42H30N2/c1-4-13-30(14-5-1)32-17-12-20-36(27-32)44-41-22-11-10-21-37(41)38-25-23-34(29-42(38)44)33-24-26-40(43-35-18-8-3-9-19-35)39(28-33)31-15-6-2-7-16-31/h1-29,43H. The Morgan fingerprint density at radius 2 is 0.955 bits per heavy atom. The van der Waals surface area contributed by atoms with Crippen molar-refractivity contribution in [3.8, 4) is 39.1 Å². The van der Waals surface area contributed by atoms with Crippen LogP contribution in [0.1, 0.15) is 0 Å². The van der Waals surface area contributed by atoms with Gasteiger partial charge in [0, 0.05) is 33.4 Å². The van der Waals surface area contributed by atoms with Gasteiger partial charge in [0.15, 0.2) is 0 Å². The average Bonchev–Trinajstić information content (AvgIpc) is 3.43. The third-order valence-corrected chi connectivity index (χ3v) is 8.38. The summed E-state index contributed by atoms with van der Waals surface area (Å²) in [6.45, 7) is 0. The zero-order valence-electron chi connectivity index (χ0n) is 24.2. The van der Waals surface area contributed by atoms with Crippen LogP contribution in [0, 0.1) is 0 Å². The Morgan fingerprint density at radius 3 is 1.75 bits per heavy atom. The summed E-state index contributed by atoms with van der Waals surface area (Å²) in [5, 5.41) is 6.15. The van der Waals surface area contributed by atoms with Crippen LogP contribution in [0.2, 0.25) is 0 Å². The van der Waals surface area contributed by atoms with E-state index in [4.69, 9.17) is 0 Å². The summed E-state index contributed by atoms with van der Waals surface area (Å²) in [5.41, 5.74) is 12.8. The van der Waals surface area contributed by atoms with Crippen LogP contribution in [0.15, 0.2) is 176 Å². The topological polar surface area (TPSA) is 17.0 Å². The highest BCUT2D eigenvalue weighted by Crippen LogP contribution is 2.38. The first-order chi connectivity index (χ1) is 21.8. The summed E-state index contributed by atoms with van der Waals surface area (Å²) < 4.78 is 2.41. The van der Waals surface area contributed by atoms with E-state index in [1.54, 1.807) is 0 Å². The predicted molar refractivity (Wildman–Crippen MR) is 187 cm³/mol. The normalized spacial score (nSPS) is 11.2. The SMILES string of the molecule is c1ccc(Nc2ccc(-c3ccc4c5ccccc5n(-c5cccc(-c6ccccc6)c5)c4c3)cc2-c2ccccc2)cc1. The lowest BCUT2D eigenvalue weighted by molar-refractivity contribution is 1.18. The van der Waals surface area contributed by atoms with Crippen molar-refractivity contribution in [1.29, 1.82) is 0 Å². The van der Waals surface area contributed by atoms with Crippen molar-refractivity contribution in [2.24, 2.45) is 0 Å². The van der Waals surface area contributed by atoms with Gasteiger partial charge in [0.1, 0.15) is 0 Å². The molecule has 0 saturated heterocycles. The highest BCUT2D eigenvalue weighted by molar-refractivity contribution is 6.10. The molecule has 208 valence electrons. The molecule has 8 aromatic rings. The lowest BCUT2D eigenvalue weighted by Crippen LogP contribution is -1.95. The second-order valence-electron chi connectivity index (χ2n) is 11.1. The Morgan fingerprint density at radius 1 is 0.364 bits per heavy atom. The second kappa shape index (κ2) is 11.1. The van der Waals surface area contributed by atoms with Crippen LogP contribution < -0.4 is 5.32 Å². The summed E-state index contributed by atoms with van der Waals surface area (Å²) in [6, 6.07) is 62.8. The number of hydrogen-bond donors (Lipinski definition) is 1. The molecule has 0 fully saturated rings. The molecule has 44 heavy (non-hydrogen) atoms. The van der Waals surface area contributed by atoms with Crippen molar-refractivity contribution >= 4 is 33.2 Å². The minimum absolute atomic E-state index is 1.07. The number of anilines is 2. The first kappa shape index (κ1) is 25.8. The van der Waals surface area contributed by atoms with Crippen molar-refractivity contribution in [2.75, 3.05) is 5.32 Å². The maximum atomic E-state index is 3.64. The van der Waals surface area contributed by atoms with Gasteiger partial charge in [-0.25, -0.2) is 0 Å². The largest absolute Gasteiger partial charge is 0.355 e. The molecule has 2 heteroatoms. The van der Waals surface area contributed by atoms with Crippen molar-refractivity contribution in [3.05, 3.63) is 176 Å². The van der Waals surface area contributed by atoms with Crippen LogP contribution in [0.4, 0.5) is 11.4 Å². The van der Waals surface area contributed by atoms with Crippen molar-refractivity contribution in [3.63, 3.8) is 0 Å². The van der Waals surface area contributed by atoms with Crippen LogP contribution in [-0.2, 0) is 0 Å². The van der Waals surface area contributed by atoms with E-state index in [1.165, 1.54) is 55.2 Å². The van der Waals surface area contributed by atoms with Crippen LogP contribution in [-0.4, -0.2) is 4.57 Å². The summed E-state index contributed by atoms with van der Waals surface area (Å²) in [4.78, 5) is 0. The Balaban J connectivity index is 1.29. The Bertz CT molecular complexity index is 2230. The zero-order chi connectivity index (χ0) is 29.3. The molecule has 8 rings (SSSR count). The summed E-state index contributed by atoms with van der Waals surface area (Å²) >= 11 is 0. The van der Waals surface area contributed by atoms with E-state index in [9.17, 15) is 0 Å². The molecule has 7 aromatic carbocycles. The molecule has 1 heterocycles. The molecule has 1 N–H and O–H groups in total. The average molecular weight is 563 g/mol. The van der Waals surface area contributed by atoms with Gasteiger partial charge in [0.2, 0.25) is 0 Å². The van der Waals surface area contributed by atoms with Crippen molar-refractivity contribution < 1.29 is 0 Å². The number of aromatic nitrogens is 1. The predicted octanol–water partition coefficient (Wildman–Crippen LogP) is 11.5. The number of fused-ring (bicyclic) bond motifs is 3. The fourth-order valence-corrected chi connectivity index (χ4v) is 6.25. The molecule has 0 aliphatic heterocycles. The number of benzene rings is 7. The van der Waals surface area contributed by atoms with Gasteiger partial charge >= 0.3 is 0 Å². The smallest absolute Gasteiger partial charge is 0.0547 e. The molecule has 2 nitrogen and oxygen atoms in total. The third-order valence-electron chi connectivity index (χ3n) is 8.38. The third kappa shape index (κ3) is 4.73. The van der Waals surface area contributed by atoms with Gasteiger partial charge in [0.25, 0.3) is 0 Å². The van der Waals surface area contributed by atoms with Crippen molar-refractivity contribution in [1.82, 2.24) is 4.57 Å². The minimum atomic E-state index is 1.07. The Labute approximate surface area is 257 Å². The molecular weight excluding hydrogens is 532 g/mol. The molecule has 0 saturated carbocycles. The van der Waals surface area contributed by atoms with E-state index in [2.05, 4.69) is 180 Å². The number of para-hydroxylation sites is 2. The maximum absolute atomic E-state index is 3.64. The lowest BCUT2D eigenvalue weighted by atomic mass is 9.96. The van der Waals surface area contributed by atoms with Crippen LogP contribution in [0.25, 0.3) is 60.9 Å². The van der Waals surface area contributed by atoms with Gasteiger partial charge in [-0.15, -0.1) is 0 Å². The Hall–Kier alpha value is -5.86. The fourth-order valence-electron chi connectivity index (χ4n) is 6.25. The summed E-state index contributed by atoms with van der Waals surface area (Å²) in [5.74, 6) is 0. The number of nitrogens with one attached hydrogen (secondary N) is 1. The monoisotopic (exact) mass is 562 g/mol. The number of nitrogens with zero attached hydrogens (tertiary/aromatic N) is 1. The molecule has 0 aliphatic carbocycles. The molecule has 0 atom stereocenters. The van der Waals surface area contributed by atoms with Gasteiger partial charge in [-0.2, -0.15) is 0 Å². The molecule has 0 unspecified atom stereocenters. The molecule has 0 bridgehead atoms. The quantitative estimate of drug-likeness (QED) is 0.213. The fraction of sp³-hybridized carbons (Fsp3) is 0. The van der Waals surface area contributed by atoms with Gasteiger partial charge in [0.05, 0.1) is 11.0 Å². The van der Waals surface area contributed by atoms with Crippen LogP contribution in [0.3, 0.4) is 0 Å². The summed E-state index contributed by atoms with van der Waals surface area (Å²) in [7, 11) is 0. The minimum Gasteiger partial charge on any atom is -0.355 e. The Kier molecular flexibility index (Phi) is 6.51. The van der Waals surface area contributed by atoms with E-state index in [1.807, 2.05) is 6.07 Å². The second-order valence-corrected chi connectivity index (χ2v) is 11.1. The van der Waals surface area contributed by atoms with Gasteiger partial charge in [-0.3, -0.25) is 0 Å². The van der Waals surface area contributed by atoms with Gasteiger partial charge in [-0.1, -0.05) is 127 Å². The molecular formula is C42H30N2. The molecule has 0 aliphatic rings.